The van der Waals surface area contributed by atoms with E-state index in [9.17, 15) is 0 Å². The first-order valence-electron chi connectivity index (χ1n) is 6.14. The standard InChI is InChI=1S/C13H11Cl2N5/c14-11-4-18-20(8-11)7-10-5-19(6-10)13-12(15)1-9(2-16)3-17-13/h1,3-4,8,10H,5-7H2. The monoisotopic (exact) mass is 307 g/mol. The minimum atomic E-state index is 0.474. The lowest BCUT2D eigenvalue weighted by molar-refractivity contribution is 0.340. The molecule has 1 aliphatic heterocycles. The van der Waals surface area contributed by atoms with Crippen LogP contribution in [0.4, 0.5) is 5.82 Å². The Labute approximate surface area is 126 Å². The van der Waals surface area contributed by atoms with Crippen molar-refractivity contribution in [2.75, 3.05) is 18.0 Å². The van der Waals surface area contributed by atoms with Gasteiger partial charge in [0.05, 0.1) is 21.8 Å². The highest BCUT2D eigenvalue weighted by Gasteiger charge is 2.29. The fourth-order valence-electron chi connectivity index (χ4n) is 2.29. The third-order valence-corrected chi connectivity index (χ3v) is 3.73. The quantitative estimate of drug-likeness (QED) is 0.874. The molecule has 5 nitrogen and oxygen atoms in total. The van der Waals surface area contributed by atoms with E-state index in [0.29, 0.717) is 21.5 Å². The average Bonchev–Trinajstić information content (AvgIpc) is 2.79. The summed E-state index contributed by atoms with van der Waals surface area (Å²) in [4.78, 5) is 6.34. The summed E-state index contributed by atoms with van der Waals surface area (Å²) in [5.41, 5.74) is 0.474. The first-order chi connectivity index (χ1) is 9.65. The van der Waals surface area contributed by atoms with Crippen LogP contribution in [0.1, 0.15) is 5.56 Å². The minimum absolute atomic E-state index is 0.474. The highest BCUT2D eigenvalue weighted by atomic mass is 35.5. The molecule has 1 aliphatic rings. The first kappa shape index (κ1) is 13.2. The van der Waals surface area contributed by atoms with Crippen molar-refractivity contribution < 1.29 is 0 Å². The number of nitrogens with zero attached hydrogens (tertiary/aromatic N) is 5. The minimum Gasteiger partial charge on any atom is -0.355 e. The van der Waals surface area contributed by atoms with E-state index in [1.807, 2.05) is 16.9 Å². The van der Waals surface area contributed by atoms with Crippen LogP contribution in [0.2, 0.25) is 10.0 Å². The molecule has 0 aliphatic carbocycles. The van der Waals surface area contributed by atoms with Crippen molar-refractivity contribution in [3.63, 3.8) is 0 Å². The maximum absolute atomic E-state index is 8.79. The maximum atomic E-state index is 8.79. The second kappa shape index (κ2) is 5.31. The number of anilines is 1. The molecule has 102 valence electrons. The van der Waals surface area contributed by atoms with Crippen LogP contribution in [0.3, 0.4) is 0 Å². The molecule has 7 heteroatoms. The normalized spacial score (nSPS) is 14.9. The highest BCUT2D eigenvalue weighted by molar-refractivity contribution is 6.33. The molecule has 0 amide bonds. The van der Waals surface area contributed by atoms with Gasteiger partial charge in [0, 0.05) is 37.9 Å². The van der Waals surface area contributed by atoms with Gasteiger partial charge in [0.2, 0.25) is 0 Å². The molecule has 2 aromatic rings. The third-order valence-electron chi connectivity index (χ3n) is 3.25. The Kier molecular flexibility index (Phi) is 3.51. The zero-order valence-corrected chi connectivity index (χ0v) is 12.0. The molecular weight excluding hydrogens is 297 g/mol. The Morgan fingerprint density at radius 2 is 2.15 bits per heavy atom. The van der Waals surface area contributed by atoms with Gasteiger partial charge in [-0.1, -0.05) is 23.2 Å². The number of hydrogen-bond donors (Lipinski definition) is 0. The van der Waals surface area contributed by atoms with E-state index in [1.165, 1.54) is 0 Å². The van der Waals surface area contributed by atoms with E-state index in [-0.39, 0.29) is 0 Å². The fourth-order valence-corrected chi connectivity index (χ4v) is 2.73. The summed E-state index contributed by atoms with van der Waals surface area (Å²) in [6, 6.07) is 3.67. The predicted octanol–water partition coefficient (Wildman–Crippen LogP) is 2.59. The van der Waals surface area contributed by atoms with Crippen molar-refractivity contribution >= 4 is 29.0 Å². The number of aromatic nitrogens is 3. The van der Waals surface area contributed by atoms with Crippen molar-refractivity contribution in [2.24, 2.45) is 5.92 Å². The molecule has 3 rings (SSSR count). The SMILES string of the molecule is N#Cc1cnc(N2CC(Cn3cc(Cl)cn3)C2)c(Cl)c1. The van der Waals surface area contributed by atoms with Gasteiger partial charge in [-0.3, -0.25) is 4.68 Å². The molecule has 0 atom stereocenters. The summed E-state index contributed by atoms with van der Waals surface area (Å²) < 4.78 is 1.85. The number of nitriles is 1. The van der Waals surface area contributed by atoms with E-state index >= 15 is 0 Å². The van der Waals surface area contributed by atoms with Gasteiger partial charge >= 0.3 is 0 Å². The zero-order chi connectivity index (χ0) is 14.1. The molecule has 0 aromatic carbocycles. The van der Waals surface area contributed by atoms with E-state index in [4.69, 9.17) is 28.5 Å². The lowest BCUT2D eigenvalue weighted by Gasteiger charge is -2.40. The van der Waals surface area contributed by atoms with Crippen LogP contribution < -0.4 is 4.90 Å². The topological polar surface area (TPSA) is 57.7 Å². The summed E-state index contributed by atoms with van der Waals surface area (Å²) >= 11 is 12.0. The van der Waals surface area contributed by atoms with E-state index in [1.54, 1.807) is 18.5 Å². The van der Waals surface area contributed by atoms with Crippen molar-refractivity contribution in [3.05, 3.63) is 40.3 Å². The molecule has 0 radical (unpaired) electrons. The fraction of sp³-hybridized carbons (Fsp3) is 0.308. The van der Waals surface area contributed by atoms with E-state index in [2.05, 4.69) is 15.0 Å². The molecule has 0 spiro atoms. The first-order valence-corrected chi connectivity index (χ1v) is 6.90. The van der Waals surface area contributed by atoms with Gasteiger partial charge in [0.25, 0.3) is 0 Å². The van der Waals surface area contributed by atoms with Gasteiger partial charge in [0.1, 0.15) is 11.9 Å². The van der Waals surface area contributed by atoms with Gasteiger partial charge in [-0.05, 0) is 6.07 Å². The van der Waals surface area contributed by atoms with Crippen LogP contribution in [-0.4, -0.2) is 27.9 Å². The summed E-state index contributed by atoms with van der Waals surface area (Å²) in [6.07, 6.45) is 5.00. The van der Waals surface area contributed by atoms with Crippen LogP contribution in [-0.2, 0) is 6.54 Å². The Morgan fingerprint density at radius 3 is 2.75 bits per heavy atom. The van der Waals surface area contributed by atoms with Crippen molar-refractivity contribution in [2.45, 2.75) is 6.54 Å². The lowest BCUT2D eigenvalue weighted by atomic mass is 10.0. The zero-order valence-electron chi connectivity index (χ0n) is 10.5. The molecule has 20 heavy (non-hydrogen) atoms. The Bertz CT molecular complexity index is 670. The number of halogens is 2. The van der Waals surface area contributed by atoms with Crippen molar-refractivity contribution in [1.29, 1.82) is 5.26 Å². The van der Waals surface area contributed by atoms with Crippen LogP contribution in [0, 0.1) is 17.2 Å². The van der Waals surface area contributed by atoms with Gasteiger partial charge in [-0.25, -0.2) is 4.98 Å². The second-order valence-electron chi connectivity index (χ2n) is 4.79. The average molecular weight is 308 g/mol. The molecule has 0 unspecified atom stereocenters. The summed E-state index contributed by atoms with van der Waals surface area (Å²) in [5.74, 6) is 1.24. The summed E-state index contributed by atoms with van der Waals surface area (Å²) in [5, 5.41) is 14.1. The second-order valence-corrected chi connectivity index (χ2v) is 5.64. The highest BCUT2D eigenvalue weighted by Crippen LogP contribution is 2.30. The van der Waals surface area contributed by atoms with Crippen LogP contribution in [0.5, 0.6) is 0 Å². The molecule has 3 heterocycles. The smallest absolute Gasteiger partial charge is 0.147 e. The van der Waals surface area contributed by atoms with E-state index in [0.717, 1.165) is 25.5 Å². The largest absolute Gasteiger partial charge is 0.355 e. The van der Waals surface area contributed by atoms with Gasteiger partial charge in [-0.15, -0.1) is 0 Å². The molecule has 0 saturated carbocycles. The van der Waals surface area contributed by atoms with Gasteiger partial charge in [-0.2, -0.15) is 10.4 Å². The predicted molar refractivity (Wildman–Crippen MR) is 76.9 cm³/mol. The Balaban J connectivity index is 1.61. The Hall–Kier alpha value is -1.77. The molecule has 1 fully saturated rings. The van der Waals surface area contributed by atoms with Crippen molar-refractivity contribution in [3.8, 4) is 6.07 Å². The van der Waals surface area contributed by atoms with Gasteiger partial charge in [0.15, 0.2) is 0 Å². The van der Waals surface area contributed by atoms with Crippen LogP contribution >= 0.6 is 23.2 Å². The van der Waals surface area contributed by atoms with Crippen molar-refractivity contribution in [1.82, 2.24) is 14.8 Å². The van der Waals surface area contributed by atoms with Gasteiger partial charge < -0.3 is 4.90 Å². The van der Waals surface area contributed by atoms with Crippen LogP contribution in [0.15, 0.2) is 24.7 Å². The molecule has 0 bridgehead atoms. The molecule has 1 saturated heterocycles. The number of rotatable bonds is 3. The number of pyridine rings is 1. The third kappa shape index (κ3) is 2.58. The lowest BCUT2D eigenvalue weighted by Crippen LogP contribution is -2.49. The molecule has 0 N–H and O–H groups in total. The van der Waals surface area contributed by atoms with E-state index < -0.39 is 0 Å². The van der Waals surface area contributed by atoms with Crippen LogP contribution in [0.25, 0.3) is 0 Å². The maximum Gasteiger partial charge on any atom is 0.147 e. The summed E-state index contributed by atoms with van der Waals surface area (Å²) in [6.45, 7) is 2.57. The molecular formula is C13H11Cl2N5. The Morgan fingerprint density at radius 1 is 1.35 bits per heavy atom. The molecule has 2 aromatic heterocycles. The number of hydrogen-bond acceptors (Lipinski definition) is 4. The summed E-state index contributed by atoms with van der Waals surface area (Å²) in [7, 11) is 0.